The van der Waals surface area contributed by atoms with Crippen molar-refractivity contribution in [1.82, 2.24) is 19.7 Å². The Morgan fingerprint density at radius 1 is 1.25 bits per heavy atom. The normalized spacial score (nSPS) is 13.5. The van der Waals surface area contributed by atoms with Gasteiger partial charge in [0.2, 0.25) is 5.95 Å². The molecule has 8 heteroatoms. The second-order valence-corrected chi connectivity index (χ2v) is 6.29. The molecular weight excluding hydrogens is 324 g/mol. The molecule has 24 heavy (non-hydrogen) atoms. The molecule has 0 bridgehead atoms. The lowest BCUT2D eigenvalue weighted by Gasteiger charge is -2.06. The van der Waals surface area contributed by atoms with E-state index in [-0.39, 0.29) is 12.3 Å². The molecule has 1 aliphatic heterocycles. The van der Waals surface area contributed by atoms with Gasteiger partial charge in [0.1, 0.15) is 5.01 Å². The van der Waals surface area contributed by atoms with E-state index in [2.05, 4.69) is 25.4 Å². The molecule has 0 radical (unpaired) electrons. The number of carbonyl (C=O) groups is 1. The van der Waals surface area contributed by atoms with E-state index in [0.717, 1.165) is 22.0 Å². The molecule has 0 atom stereocenters. The van der Waals surface area contributed by atoms with Crippen molar-refractivity contribution in [2.45, 2.75) is 19.9 Å². The third-order valence-corrected chi connectivity index (χ3v) is 4.46. The van der Waals surface area contributed by atoms with Crippen molar-refractivity contribution in [2.75, 3.05) is 5.32 Å². The number of anilines is 1. The maximum Gasteiger partial charge on any atom is 0.257 e. The van der Waals surface area contributed by atoms with E-state index in [1.54, 1.807) is 11.3 Å². The minimum atomic E-state index is -0.113. The molecule has 0 saturated heterocycles. The third kappa shape index (κ3) is 2.83. The van der Waals surface area contributed by atoms with Crippen LogP contribution < -0.4 is 5.32 Å². The first-order valence-corrected chi connectivity index (χ1v) is 8.35. The Morgan fingerprint density at radius 3 is 2.92 bits per heavy atom. The highest BCUT2D eigenvalue weighted by Crippen LogP contribution is 2.24. The van der Waals surface area contributed by atoms with Crippen LogP contribution in [-0.4, -0.2) is 31.4 Å². The van der Waals surface area contributed by atoms with Crippen LogP contribution in [0.4, 0.5) is 11.9 Å². The van der Waals surface area contributed by atoms with Crippen molar-refractivity contribution in [3.63, 3.8) is 0 Å². The number of fused-ring (bicyclic) bond motifs is 1. The minimum absolute atomic E-state index is 0.113. The van der Waals surface area contributed by atoms with Gasteiger partial charge in [-0.15, -0.1) is 16.4 Å². The van der Waals surface area contributed by atoms with E-state index in [0.29, 0.717) is 18.4 Å². The van der Waals surface area contributed by atoms with Crippen molar-refractivity contribution in [1.29, 1.82) is 0 Å². The van der Waals surface area contributed by atoms with Crippen LogP contribution in [0.5, 0.6) is 0 Å². The van der Waals surface area contributed by atoms with Gasteiger partial charge in [0, 0.05) is 16.7 Å². The molecule has 0 saturated carbocycles. The Morgan fingerprint density at radius 2 is 2.08 bits per heavy atom. The number of thiazole rings is 1. The van der Waals surface area contributed by atoms with Crippen molar-refractivity contribution in [3.8, 4) is 10.6 Å². The number of benzene rings is 1. The van der Waals surface area contributed by atoms with Crippen LogP contribution in [0.1, 0.15) is 23.8 Å². The summed E-state index contributed by atoms with van der Waals surface area (Å²) in [5, 5.41) is 10.2. The molecule has 1 aromatic carbocycles. The summed E-state index contributed by atoms with van der Waals surface area (Å²) in [6.07, 6.45) is 0.280. The fourth-order valence-corrected chi connectivity index (χ4v) is 3.22. The Kier molecular flexibility index (Phi) is 3.66. The summed E-state index contributed by atoms with van der Waals surface area (Å²) in [6, 6.07) is 10.0. The van der Waals surface area contributed by atoms with Crippen molar-refractivity contribution in [3.05, 3.63) is 41.4 Å². The molecule has 0 aliphatic carbocycles. The predicted molar refractivity (Wildman–Crippen MR) is 92.9 cm³/mol. The SMILES string of the molecule is CC1=Nc2nc(NCc3csc(-c4ccccc4)n3)nn2C(=O)C1. The van der Waals surface area contributed by atoms with Crippen molar-refractivity contribution >= 4 is 34.9 Å². The van der Waals surface area contributed by atoms with Crippen LogP contribution in [-0.2, 0) is 6.54 Å². The lowest BCUT2D eigenvalue weighted by Crippen LogP contribution is -2.19. The first-order valence-electron chi connectivity index (χ1n) is 7.47. The molecule has 4 rings (SSSR count). The molecule has 7 nitrogen and oxygen atoms in total. The molecule has 0 amide bonds. The molecule has 1 aliphatic rings. The van der Waals surface area contributed by atoms with Gasteiger partial charge >= 0.3 is 0 Å². The predicted octanol–water partition coefficient (Wildman–Crippen LogP) is 3.15. The summed E-state index contributed by atoms with van der Waals surface area (Å²) in [7, 11) is 0. The van der Waals surface area contributed by atoms with Crippen molar-refractivity contribution < 1.29 is 4.79 Å². The maximum absolute atomic E-state index is 11.9. The van der Waals surface area contributed by atoms with E-state index >= 15 is 0 Å². The second kappa shape index (κ2) is 5.97. The van der Waals surface area contributed by atoms with Gasteiger partial charge in [0.15, 0.2) is 0 Å². The molecule has 1 N–H and O–H groups in total. The average Bonchev–Trinajstić information content (AvgIpc) is 3.20. The van der Waals surface area contributed by atoms with Crippen LogP contribution in [0.3, 0.4) is 0 Å². The number of carbonyl (C=O) groups excluding carboxylic acids is 1. The largest absolute Gasteiger partial charge is 0.347 e. The Hall–Kier alpha value is -2.87. The van der Waals surface area contributed by atoms with Gasteiger partial charge in [-0.25, -0.2) is 9.98 Å². The zero-order chi connectivity index (χ0) is 16.5. The first kappa shape index (κ1) is 14.7. The second-order valence-electron chi connectivity index (χ2n) is 5.43. The highest BCUT2D eigenvalue weighted by atomic mass is 32.1. The van der Waals surface area contributed by atoms with Gasteiger partial charge < -0.3 is 5.32 Å². The number of aliphatic imine (C=N–C) groups is 1. The van der Waals surface area contributed by atoms with Crippen LogP contribution in [0, 0.1) is 0 Å². The molecular formula is C16H14N6OS. The lowest BCUT2D eigenvalue weighted by atomic mass is 10.2. The summed E-state index contributed by atoms with van der Waals surface area (Å²) < 4.78 is 1.24. The van der Waals surface area contributed by atoms with Gasteiger partial charge in [0.25, 0.3) is 11.9 Å². The first-order chi connectivity index (χ1) is 11.7. The Balaban J connectivity index is 1.48. The number of nitrogens with one attached hydrogen (secondary N) is 1. The summed E-state index contributed by atoms with van der Waals surface area (Å²) in [5.74, 6) is 0.596. The number of hydrogen-bond donors (Lipinski definition) is 1. The van der Waals surface area contributed by atoms with Gasteiger partial charge in [0.05, 0.1) is 18.7 Å². The molecule has 120 valence electrons. The Bertz CT molecular complexity index is 927. The van der Waals surface area contributed by atoms with E-state index in [1.807, 2.05) is 42.6 Å². The van der Waals surface area contributed by atoms with Gasteiger partial charge in [-0.3, -0.25) is 4.79 Å². The molecule has 0 spiro atoms. The van der Waals surface area contributed by atoms with Crippen LogP contribution in [0.2, 0.25) is 0 Å². The van der Waals surface area contributed by atoms with Gasteiger partial charge in [-0.05, 0) is 6.92 Å². The molecule has 3 aromatic rings. The smallest absolute Gasteiger partial charge is 0.257 e. The topological polar surface area (TPSA) is 85.1 Å². The van der Waals surface area contributed by atoms with Crippen molar-refractivity contribution in [2.24, 2.45) is 4.99 Å². The summed E-state index contributed by atoms with van der Waals surface area (Å²) >= 11 is 1.59. The van der Waals surface area contributed by atoms with Gasteiger partial charge in [-0.2, -0.15) is 9.67 Å². The zero-order valence-corrected chi connectivity index (χ0v) is 13.7. The molecule has 3 heterocycles. The highest BCUT2D eigenvalue weighted by Gasteiger charge is 2.21. The monoisotopic (exact) mass is 338 g/mol. The average molecular weight is 338 g/mol. The van der Waals surface area contributed by atoms with E-state index in [4.69, 9.17) is 0 Å². The standard InChI is InChI=1S/C16H14N6OS/c1-10-7-13(23)22-16(18-10)20-15(21-22)17-8-12-9-24-14(19-12)11-5-3-2-4-6-11/h2-6,9H,7-8H2,1H3,(H,17,21). The quantitative estimate of drug-likeness (QED) is 0.790. The number of hydrogen-bond acceptors (Lipinski definition) is 7. The van der Waals surface area contributed by atoms with E-state index in [9.17, 15) is 4.79 Å². The molecule has 0 unspecified atom stereocenters. The van der Waals surface area contributed by atoms with Gasteiger partial charge in [-0.1, -0.05) is 30.3 Å². The number of aromatic nitrogens is 4. The van der Waals surface area contributed by atoms with E-state index in [1.165, 1.54) is 4.68 Å². The Labute approximate surface area is 142 Å². The number of nitrogens with zero attached hydrogens (tertiary/aromatic N) is 5. The summed E-state index contributed by atoms with van der Waals surface area (Å²) in [4.78, 5) is 25.0. The maximum atomic E-state index is 11.9. The summed E-state index contributed by atoms with van der Waals surface area (Å²) in [6.45, 7) is 2.30. The van der Waals surface area contributed by atoms with Crippen LogP contribution in [0.15, 0.2) is 40.7 Å². The third-order valence-electron chi connectivity index (χ3n) is 3.52. The molecule has 0 fully saturated rings. The number of rotatable bonds is 4. The van der Waals surface area contributed by atoms with Crippen LogP contribution in [0.25, 0.3) is 10.6 Å². The summed E-state index contributed by atoms with van der Waals surface area (Å²) in [5.41, 5.74) is 2.75. The zero-order valence-electron chi connectivity index (χ0n) is 12.9. The van der Waals surface area contributed by atoms with Crippen LogP contribution >= 0.6 is 11.3 Å². The lowest BCUT2D eigenvalue weighted by molar-refractivity contribution is 0.0906. The fraction of sp³-hybridized carbons (Fsp3) is 0.188. The minimum Gasteiger partial charge on any atom is -0.347 e. The highest BCUT2D eigenvalue weighted by molar-refractivity contribution is 7.13. The van der Waals surface area contributed by atoms with E-state index < -0.39 is 0 Å². The fourth-order valence-electron chi connectivity index (χ4n) is 2.39. The molecule has 2 aromatic heterocycles.